The summed E-state index contributed by atoms with van der Waals surface area (Å²) in [6, 6.07) is 28.6. The summed E-state index contributed by atoms with van der Waals surface area (Å²) in [4.78, 5) is 82.4. The monoisotopic (exact) mass is 812 g/mol. The molecule has 0 aliphatic carbocycles. The predicted molar refractivity (Wildman–Crippen MR) is 226 cm³/mol. The van der Waals surface area contributed by atoms with Gasteiger partial charge in [-0.05, 0) is 64.5 Å². The molecule has 6 rings (SSSR count). The van der Waals surface area contributed by atoms with E-state index in [1.165, 1.54) is 4.90 Å². The number of carbonyl (C=O) groups is 6. The number of piperidine rings is 1. The first kappa shape index (κ1) is 43.0. The molecule has 0 radical (unpaired) electrons. The zero-order valence-corrected chi connectivity index (χ0v) is 33.1. The number of nitrogens with zero attached hydrogens (tertiary/aromatic N) is 1. The Bertz CT molecular complexity index is 2230. The zero-order chi connectivity index (χ0) is 42.6. The number of carbonyl (C=O) groups excluding carboxylic acids is 6. The van der Waals surface area contributed by atoms with Gasteiger partial charge in [-0.1, -0.05) is 103 Å². The number of nitrogens with one attached hydrogen (secondary N) is 4. The second-order valence-electron chi connectivity index (χ2n) is 15.3. The number of amides is 6. The van der Waals surface area contributed by atoms with Crippen molar-refractivity contribution in [2.75, 3.05) is 19.6 Å². The van der Waals surface area contributed by atoms with Gasteiger partial charge in [-0.3, -0.25) is 28.8 Å². The summed E-state index contributed by atoms with van der Waals surface area (Å²) in [5, 5.41) is 30.7. The van der Waals surface area contributed by atoms with Crippen LogP contribution in [0.15, 0.2) is 115 Å². The van der Waals surface area contributed by atoms with Crippen LogP contribution in [0.2, 0.25) is 0 Å². The quantitative estimate of drug-likeness (QED) is 0.132. The highest BCUT2D eigenvalue weighted by molar-refractivity contribution is 6.58. The topological polar surface area (TPSA) is 220 Å². The van der Waals surface area contributed by atoms with Crippen molar-refractivity contribution in [3.05, 3.63) is 138 Å². The second kappa shape index (κ2) is 19.9. The first-order chi connectivity index (χ1) is 28.9. The summed E-state index contributed by atoms with van der Waals surface area (Å²) < 4.78 is 0. The molecule has 1 fully saturated rings. The van der Waals surface area contributed by atoms with Gasteiger partial charge >= 0.3 is 7.12 Å². The number of primary amides is 1. The Balaban J connectivity index is 1.34. The Morgan fingerprint density at radius 2 is 1.53 bits per heavy atom. The summed E-state index contributed by atoms with van der Waals surface area (Å²) in [5.41, 5.74) is 9.22. The summed E-state index contributed by atoms with van der Waals surface area (Å²) in [6.07, 6.45) is 3.44. The van der Waals surface area contributed by atoms with E-state index in [1.807, 2.05) is 60.7 Å². The lowest BCUT2D eigenvalue weighted by Gasteiger charge is -2.42. The molecule has 2 aliphatic rings. The number of nitrogens with two attached hydrogens (primary N) is 1. The average molecular weight is 813 g/mol. The van der Waals surface area contributed by atoms with E-state index >= 15 is 0 Å². The first-order valence-electron chi connectivity index (χ1n) is 20.0. The van der Waals surface area contributed by atoms with Crippen molar-refractivity contribution in [3.63, 3.8) is 0 Å². The minimum atomic E-state index is -1.62. The van der Waals surface area contributed by atoms with E-state index in [2.05, 4.69) is 21.3 Å². The highest BCUT2D eigenvalue weighted by Gasteiger charge is 2.44. The lowest BCUT2D eigenvalue weighted by molar-refractivity contribution is -0.141. The summed E-state index contributed by atoms with van der Waals surface area (Å²) in [6.45, 7) is 0.406. The summed E-state index contributed by atoms with van der Waals surface area (Å²) >= 11 is 0. The molecule has 14 nitrogen and oxygen atoms in total. The van der Waals surface area contributed by atoms with Crippen LogP contribution in [0.1, 0.15) is 41.5 Å². The highest BCUT2D eigenvalue weighted by atomic mass is 16.4. The molecule has 2 bridgehead atoms. The zero-order valence-electron chi connectivity index (χ0n) is 33.1. The third-order valence-electron chi connectivity index (χ3n) is 11.0. The Hall–Kier alpha value is -6.58. The average Bonchev–Trinajstić information content (AvgIpc) is 3.24. The maximum atomic E-state index is 14.8. The van der Waals surface area contributed by atoms with Crippen LogP contribution in [0.4, 0.5) is 0 Å². The van der Waals surface area contributed by atoms with Crippen LogP contribution in [-0.4, -0.2) is 89.2 Å². The van der Waals surface area contributed by atoms with Crippen molar-refractivity contribution in [3.8, 4) is 11.1 Å². The molecule has 15 heteroatoms. The minimum absolute atomic E-state index is 0.00719. The van der Waals surface area contributed by atoms with E-state index in [9.17, 15) is 38.8 Å². The molecule has 4 aromatic carbocycles. The molecule has 2 aliphatic heterocycles. The van der Waals surface area contributed by atoms with E-state index in [0.717, 1.165) is 34.4 Å². The summed E-state index contributed by atoms with van der Waals surface area (Å²) in [7, 11) is -1.62. The lowest BCUT2D eigenvalue weighted by Crippen LogP contribution is -2.58. The molecule has 0 saturated carbocycles. The molecular weight excluding hydrogens is 763 g/mol. The van der Waals surface area contributed by atoms with Gasteiger partial charge in [0.25, 0.3) is 0 Å². The molecule has 6 amide bonds. The minimum Gasteiger partial charge on any atom is -0.423 e. The molecule has 60 heavy (non-hydrogen) atoms. The number of hydrogen-bond donors (Lipinski definition) is 7. The number of rotatable bonds is 7. The molecule has 0 unspecified atom stereocenters. The smallest absolute Gasteiger partial charge is 0.423 e. The van der Waals surface area contributed by atoms with Gasteiger partial charge < -0.3 is 41.9 Å². The van der Waals surface area contributed by atoms with Crippen molar-refractivity contribution in [2.24, 2.45) is 11.1 Å². The third-order valence-corrected chi connectivity index (χ3v) is 11.0. The first-order valence-corrected chi connectivity index (χ1v) is 20.0. The highest BCUT2D eigenvalue weighted by Crippen LogP contribution is 2.35. The van der Waals surface area contributed by atoms with Crippen molar-refractivity contribution in [1.82, 2.24) is 26.2 Å². The SMILES string of the molecule is NC(=O)[C@@H]1CCNC(=O)/C=C/C(=O)N2CCC[C@](Cc3ccccc3)(C2)C(=O)N[C@@H](Cc2ccc(-c3cccc(B(O)O)c3)cc2)C(=O)NCc2ccccc2CC(=O)N1. The Morgan fingerprint density at radius 3 is 2.27 bits per heavy atom. The number of hydrogen-bond acceptors (Lipinski definition) is 8. The largest absolute Gasteiger partial charge is 0.488 e. The number of fused-ring (bicyclic) bond motifs is 3. The van der Waals surface area contributed by atoms with Crippen LogP contribution >= 0.6 is 0 Å². The van der Waals surface area contributed by atoms with Crippen LogP contribution in [0, 0.1) is 5.41 Å². The second-order valence-corrected chi connectivity index (χ2v) is 15.3. The molecule has 4 aromatic rings. The van der Waals surface area contributed by atoms with Crippen molar-refractivity contribution in [2.45, 2.75) is 57.2 Å². The van der Waals surface area contributed by atoms with Crippen LogP contribution in [0.25, 0.3) is 11.1 Å². The van der Waals surface area contributed by atoms with E-state index in [-0.39, 0.29) is 45.3 Å². The maximum Gasteiger partial charge on any atom is 0.488 e. The summed E-state index contributed by atoms with van der Waals surface area (Å²) in [5.74, 6) is -3.19. The van der Waals surface area contributed by atoms with Crippen molar-refractivity contribution < 1.29 is 38.8 Å². The van der Waals surface area contributed by atoms with E-state index in [0.29, 0.717) is 36.0 Å². The standard InChI is InChI=1S/C45H49BN6O8/c47-42(56)37-20-22-48-39(53)18-19-41(55)52-23-7-21-45(29-52,27-31-8-2-1-3-9-31)44(58)51-38(43(57)49-28-35-11-5-4-10-34(35)26-40(54)50-37)24-30-14-16-32(17-15-30)33-12-6-13-36(25-33)46(59)60/h1-6,8-19,25,37-38,59-60H,7,20-24,26-29H2,(H2,47,56)(H,48,53)(H,49,57)(H,50,54)(H,51,58)/b19-18+/t37-,38-,45-/m0/s1. The molecule has 1 saturated heterocycles. The van der Waals surface area contributed by atoms with Crippen LogP contribution in [0.3, 0.4) is 0 Å². The van der Waals surface area contributed by atoms with Crippen LogP contribution in [0.5, 0.6) is 0 Å². The maximum absolute atomic E-state index is 14.8. The van der Waals surface area contributed by atoms with E-state index in [1.54, 1.807) is 42.5 Å². The van der Waals surface area contributed by atoms with Gasteiger partial charge in [-0.2, -0.15) is 0 Å². The Morgan fingerprint density at radius 1 is 0.800 bits per heavy atom. The van der Waals surface area contributed by atoms with Gasteiger partial charge in [0.1, 0.15) is 12.1 Å². The molecule has 0 spiro atoms. The Labute approximate surface area is 348 Å². The number of benzene rings is 4. The van der Waals surface area contributed by atoms with Crippen molar-refractivity contribution in [1.29, 1.82) is 0 Å². The molecule has 0 aromatic heterocycles. The molecular formula is C45H49BN6O8. The van der Waals surface area contributed by atoms with E-state index < -0.39 is 60.1 Å². The van der Waals surface area contributed by atoms with E-state index in [4.69, 9.17) is 5.73 Å². The third kappa shape index (κ3) is 11.3. The van der Waals surface area contributed by atoms with Gasteiger partial charge in [0.2, 0.25) is 35.4 Å². The molecule has 3 atom stereocenters. The van der Waals surface area contributed by atoms with Gasteiger partial charge in [0.05, 0.1) is 11.8 Å². The normalized spacial score (nSPS) is 21.4. The molecule has 310 valence electrons. The fourth-order valence-electron chi connectivity index (χ4n) is 7.75. The Kier molecular flexibility index (Phi) is 14.3. The van der Waals surface area contributed by atoms with Crippen molar-refractivity contribution >= 4 is 48.0 Å². The lowest BCUT2D eigenvalue weighted by atomic mass is 9.74. The van der Waals surface area contributed by atoms with Gasteiger partial charge in [0, 0.05) is 44.8 Å². The van der Waals surface area contributed by atoms with Crippen LogP contribution in [-0.2, 0) is 54.6 Å². The molecule has 2 heterocycles. The fraction of sp³-hybridized carbons (Fsp3) is 0.289. The van der Waals surface area contributed by atoms with Gasteiger partial charge in [-0.15, -0.1) is 0 Å². The van der Waals surface area contributed by atoms with Gasteiger partial charge in [-0.25, -0.2) is 0 Å². The van der Waals surface area contributed by atoms with Gasteiger partial charge in [0.15, 0.2) is 0 Å². The van der Waals surface area contributed by atoms with Crippen LogP contribution < -0.4 is 32.5 Å². The predicted octanol–water partition coefficient (Wildman–Crippen LogP) is 0.817. The molecule has 8 N–H and O–H groups in total. The fourth-order valence-corrected chi connectivity index (χ4v) is 7.75.